The largest absolute Gasteiger partial charge is 0.309 e. The van der Waals surface area contributed by atoms with Crippen molar-refractivity contribution in [1.29, 1.82) is 0 Å². The molecule has 1 saturated heterocycles. The molecule has 20 heavy (non-hydrogen) atoms. The molecule has 1 atom stereocenters. The summed E-state index contributed by atoms with van der Waals surface area (Å²) in [6.07, 6.45) is 6.72. The molecule has 2 rings (SSSR count). The molecule has 1 fully saturated rings. The molecule has 0 bridgehead atoms. The van der Waals surface area contributed by atoms with Gasteiger partial charge in [-0.1, -0.05) is 47.8 Å². The Balaban J connectivity index is 1.78. The molecule has 1 aromatic rings. The van der Waals surface area contributed by atoms with Gasteiger partial charge in [-0.05, 0) is 50.0 Å². The van der Waals surface area contributed by atoms with Gasteiger partial charge in [-0.15, -0.1) is 0 Å². The average molecular weight is 339 g/mol. The number of hydrogen-bond donors (Lipinski definition) is 1. The molecule has 0 radical (unpaired) electrons. The van der Waals surface area contributed by atoms with Crippen LogP contribution < -0.4 is 5.32 Å². The van der Waals surface area contributed by atoms with Gasteiger partial charge >= 0.3 is 0 Å². The fraction of sp³-hybridized carbons (Fsp3) is 0.647. The molecule has 1 aliphatic rings. The van der Waals surface area contributed by atoms with Crippen LogP contribution in [0, 0.1) is 0 Å². The highest BCUT2D eigenvalue weighted by molar-refractivity contribution is 9.10. The van der Waals surface area contributed by atoms with Crippen LogP contribution in [0.15, 0.2) is 28.7 Å². The zero-order chi connectivity index (χ0) is 14.2. The van der Waals surface area contributed by atoms with Crippen LogP contribution in [-0.2, 0) is 0 Å². The molecule has 112 valence electrons. The third-order valence-corrected chi connectivity index (χ3v) is 4.67. The van der Waals surface area contributed by atoms with Gasteiger partial charge in [-0.25, -0.2) is 0 Å². The maximum absolute atomic E-state index is 3.72. The molecule has 1 aromatic carbocycles. The summed E-state index contributed by atoms with van der Waals surface area (Å²) in [5.74, 6) is 0. The third-order valence-electron chi connectivity index (χ3n) is 4.18. The van der Waals surface area contributed by atoms with Crippen LogP contribution >= 0.6 is 15.9 Å². The van der Waals surface area contributed by atoms with Crippen molar-refractivity contribution in [2.75, 3.05) is 26.2 Å². The molecule has 2 nitrogen and oxygen atoms in total. The van der Waals surface area contributed by atoms with Crippen LogP contribution in [0.2, 0.25) is 0 Å². The van der Waals surface area contributed by atoms with Crippen LogP contribution in [-0.4, -0.2) is 31.1 Å². The Hall–Kier alpha value is -0.380. The van der Waals surface area contributed by atoms with Crippen LogP contribution in [0.3, 0.4) is 0 Å². The number of hydrogen-bond acceptors (Lipinski definition) is 2. The number of likely N-dealkylation sites (tertiary alicyclic amines) is 1. The Morgan fingerprint density at radius 2 is 1.95 bits per heavy atom. The Morgan fingerprint density at radius 3 is 2.60 bits per heavy atom. The lowest BCUT2D eigenvalue weighted by Crippen LogP contribution is -2.34. The normalized spacial score (nSPS) is 18.7. The van der Waals surface area contributed by atoms with Gasteiger partial charge in [-0.3, -0.25) is 0 Å². The van der Waals surface area contributed by atoms with Crippen molar-refractivity contribution in [3.63, 3.8) is 0 Å². The molecule has 0 aromatic heterocycles. The minimum Gasteiger partial charge on any atom is -0.309 e. The Labute approximate surface area is 132 Å². The van der Waals surface area contributed by atoms with Crippen molar-refractivity contribution >= 4 is 15.9 Å². The predicted molar refractivity (Wildman–Crippen MR) is 90.1 cm³/mol. The summed E-state index contributed by atoms with van der Waals surface area (Å²) >= 11 is 3.56. The molecule has 0 spiro atoms. The summed E-state index contributed by atoms with van der Waals surface area (Å²) in [6.45, 7) is 7.10. The van der Waals surface area contributed by atoms with Crippen molar-refractivity contribution in [3.8, 4) is 0 Å². The summed E-state index contributed by atoms with van der Waals surface area (Å²) in [4.78, 5) is 2.62. The van der Waals surface area contributed by atoms with E-state index in [2.05, 4.69) is 57.3 Å². The fourth-order valence-corrected chi connectivity index (χ4v) is 3.39. The molecule has 0 saturated carbocycles. The molecule has 1 N–H and O–H groups in total. The molecule has 1 heterocycles. The van der Waals surface area contributed by atoms with E-state index in [1.807, 2.05) is 0 Å². The summed E-state index contributed by atoms with van der Waals surface area (Å²) in [5.41, 5.74) is 1.39. The van der Waals surface area contributed by atoms with Gasteiger partial charge in [-0.2, -0.15) is 0 Å². The Bertz CT molecular complexity index is 386. The van der Waals surface area contributed by atoms with E-state index in [0.29, 0.717) is 6.04 Å². The number of halogens is 1. The lowest BCUT2D eigenvalue weighted by atomic mass is 10.0. The second-order valence-corrected chi connectivity index (χ2v) is 6.64. The smallest absolute Gasteiger partial charge is 0.0318 e. The van der Waals surface area contributed by atoms with Crippen molar-refractivity contribution in [2.24, 2.45) is 0 Å². The Kier molecular flexibility index (Phi) is 7.05. The molecular formula is C17H27BrN2. The van der Waals surface area contributed by atoms with Crippen LogP contribution in [0.25, 0.3) is 0 Å². The SMILES string of the molecule is CCC(NCCN1CCCCCC1)c1cccc(Br)c1. The lowest BCUT2D eigenvalue weighted by molar-refractivity contribution is 0.278. The highest BCUT2D eigenvalue weighted by Gasteiger charge is 2.11. The summed E-state index contributed by atoms with van der Waals surface area (Å²) in [7, 11) is 0. The quantitative estimate of drug-likeness (QED) is 0.828. The van der Waals surface area contributed by atoms with Gasteiger partial charge in [0.2, 0.25) is 0 Å². The van der Waals surface area contributed by atoms with E-state index in [1.165, 1.54) is 55.4 Å². The third kappa shape index (κ3) is 5.19. The summed E-state index contributed by atoms with van der Waals surface area (Å²) in [5, 5.41) is 3.72. The van der Waals surface area contributed by atoms with E-state index in [4.69, 9.17) is 0 Å². The van der Waals surface area contributed by atoms with Gasteiger partial charge in [0.15, 0.2) is 0 Å². The molecule has 1 unspecified atom stereocenters. The van der Waals surface area contributed by atoms with Gasteiger partial charge in [0.1, 0.15) is 0 Å². The van der Waals surface area contributed by atoms with Crippen molar-refractivity contribution in [3.05, 3.63) is 34.3 Å². The van der Waals surface area contributed by atoms with Crippen molar-refractivity contribution in [2.45, 2.75) is 45.1 Å². The molecule has 0 aliphatic carbocycles. The predicted octanol–water partition coefficient (Wildman–Crippen LogP) is 4.37. The summed E-state index contributed by atoms with van der Waals surface area (Å²) < 4.78 is 1.17. The highest BCUT2D eigenvalue weighted by atomic mass is 79.9. The minimum atomic E-state index is 0.472. The first-order valence-electron chi connectivity index (χ1n) is 8.01. The topological polar surface area (TPSA) is 15.3 Å². The number of benzene rings is 1. The first-order valence-corrected chi connectivity index (χ1v) is 8.80. The van der Waals surface area contributed by atoms with E-state index < -0.39 is 0 Å². The van der Waals surface area contributed by atoms with Crippen LogP contribution in [0.5, 0.6) is 0 Å². The van der Waals surface area contributed by atoms with E-state index in [-0.39, 0.29) is 0 Å². The Morgan fingerprint density at radius 1 is 1.20 bits per heavy atom. The van der Waals surface area contributed by atoms with E-state index in [1.54, 1.807) is 0 Å². The van der Waals surface area contributed by atoms with E-state index in [9.17, 15) is 0 Å². The van der Waals surface area contributed by atoms with E-state index in [0.717, 1.165) is 13.0 Å². The standard InChI is InChI=1S/C17H27BrN2/c1-2-17(15-8-7-9-16(18)14-15)19-10-13-20-11-5-3-4-6-12-20/h7-9,14,17,19H,2-6,10-13H2,1H3. The number of nitrogens with one attached hydrogen (secondary N) is 1. The van der Waals surface area contributed by atoms with Gasteiger partial charge < -0.3 is 10.2 Å². The number of nitrogens with zero attached hydrogens (tertiary/aromatic N) is 1. The first-order chi connectivity index (χ1) is 9.79. The van der Waals surface area contributed by atoms with Gasteiger partial charge in [0, 0.05) is 23.6 Å². The molecule has 3 heteroatoms. The number of rotatable bonds is 6. The van der Waals surface area contributed by atoms with E-state index >= 15 is 0 Å². The minimum absolute atomic E-state index is 0.472. The maximum Gasteiger partial charge on any atom is 0.0318 e. The fourth-order valence-electron chi connectivity index (χ4n) is 2.98. The zero-order valence-corrected chi connectivity index (χ0v) is 14.2. The average Bonchev–Trinajstić information content (AvgIpc) is 2.72. The van der Waals surface area contributed by atoms with Crippen molar-refractivity contribution < 1.29 is 0 Å². The van der Waals surface area contributed by atoms with Crippen LogP contribution in [0.1, 0.15) is 50.6 Å². The second kappa shape index (κ2) is 8.81. The molecule has 0 amide bonds. The monoisotopic (exact) mass is 338 g/mol. The summed E-state index contributed by atoms with van der Waals surface area (Å²) in [6, 6.07) is 9.14. The zero-order valence-electron chi connectivity index (χ0n) is 12.6. The maximum atomic E-state index is 3.72. The highest BCUT2D eigenvalue weighted by Crippen LogP contribution is 2.20. The second-order valence-electron chi connectivity index (χ2n) is 5.73. The molecule has 1 aliphatic heterocycles. The first kappa shape index (κ1) is 16.0. The van der Waals surface area contributed by atoms with Crippen LogP contribution in [0.4, 0.5) is 0 Å². The van der Waals surface area contributed by atoms with Gasteiger partial charge in [0.05, 0.1) is 0 Å². The lowest BCUT2D eigenvalue weighted by Gasteiger charge is -2.23. The van der Waals surface area contributed by atoms with Crippen molar-refractivity contribution in [1.82, 2.24) is 10.2 Å². The molecular weight excluding hydrogens is 312 g/mol. The van der Waals surface area contributed by atoms with Gasteiger partial charge in [0.25, 0.3) is 0 Å².